The van der Waals surface area contributed by atoms with Gasteiger partial charge in [-0.25, -0.2) is 14.0 Å². The van der Waals surface area contributed by atoms with Crippen molar-refractivity contribution in [1.82, 2.24) is 15.5 Å². The largest absolute Gasteiger partial charge is 0.497 e. The van der Waals surface area contributed by atoms with Gasteiger partial charge < -0.3 is 24.4 Å². The number of aliphatic carboxylic acids is 1. The molecule has 0 unspecified atom stereocenters. The van der Waals surface area contributed by atoms with Crippen LogP contribution in [-0.4, -0.2) is 52.0 Å². The van der Waals surface area contributed by atoms with Crippen molar-refractivity contribution in [2.24, 2.45) is 0 Å². The van der Waals surface area contributed by atoms with E-state index in [1.165, 1.54) is 31.4 Å². The molecule has 0 bridgehead atoms. The number of amides is 2. The van der Waals surface area contributed by atoms with Crippen molar-refractivity contribution in [3.63, 3.8) is 0 Å². The first-order chi connectivity index (χ1) is 19.9. The van der Waals surface area contributed by atoms with Gasteiger partial charge in [-0.15, -0.1) is 0 Å². The predicted octanol–water partition coefficient (Wildman–Crippen LogP) is 5.32. The summed E-state index contributed by atoms with van der Waals surface area (Å²) in [5, 5.41) is 18.6. The monoisotopic (exact) mass is 576 g/mol. The molecule has 3 aromatic carbocycles. The number of anilines is 1. The molecule has 0 radical (unpaired) electrons. The molecule has 2 amide bonds. The third-order valence-electron chi connectivity index (χ3n) is 5.87. The highest BCUT2D eigenvalue weighted by molar-refractivity contribution is 5.96. The van der Waals surface area contributed by atoms with Crippen LogP contribution >= 0.6 is 0 Å². The van der Waals surface area contributed by atoms with Crippen LogP contribution < -0.4 is 15.4 Å². The quantitative estimate of drug-likeness (QED) is 0.240. The minimum atomic E-state index is -1.30. The SMILES string of the molecule is COc1ccc(C(=O)N[C@H](Cc2ccc(-c3noc(-c4ccc(NC(=O)OC(C)(C)C)cc4)n3)c(F)c2)C(=O)O)cc1. The maximum absolute atomic E-state index is 15.1. The zero-order valence-electron chi connectivity index (χ0n) is 23.3. The van der Waals surface area contributed by atoms with Crippen molar-refractivity contribution in [2.45, 2.75) is 38.8 Å². The van der Waals surface area contributed by atoms with E-state index in [1.54, 1.807) is 57.2 Å². The van der Waals surface area contributed by atoms with Gasteiger partial charge in [0.15, 0.2) is 0 Å². The van der Waals surface area contributed by atoms with Gasteiger partial charge in [0.1, 0.15) is 23.2 Å². The number of methoxy groups -OCH3 is 1. The summed E-state index contributed by atoms with van der Waals surface area (Å²) >= 11 is 0. The molecule has 0 saturated heterocycles. The molecule has 0 saturated carbocycles. The molecule has 1 atom stereocenters. The minimum Gasteiger partial charge on any atom is -0.497 e. The van der Waals surface area contributed by atoms with E-state index < -0.39 is 35.4 Å². The smallest absolute Gasteiger partial charge is 0.412 e. The summed E-state index contributed by atoms with van der Waals surface area (Å²) < 4.78 is 30.7. The van der Waals surface area contributed by atoms with Crippen LogP contribution in [0, 0.1) is 5.82 Å². The highest BCUT2D eigenvalue weighted by Crippen LogP contribution is 2.26. The Labute approximate surface area is 240 Å². The summed E-state index contributed by atoms with van der Waals surface area (Å²) in [5.74, 6) is -1.87. The molecule has 11 nitrogen and oxygen atoms in total. The normalized spacial score (nSPS) is 11.8. The van der Waals surface area contributed by atoms with Crippen molar-refractivity contribution in [1.29, 1.82) is 0 Å². The Kier molecular flexibility index (Phi) is 8.84. The molecule has 4 aromatic rings. The van der Waals surface area contributed by atoms with E-state index in [0.717, 1.165) is 6.07 Å². The lowest BCUT2D eigenvalue weighted by Gasteiger charge is -2.19. The third kappa shape index (κ3) is 7.68. The number of aromatic nitrogens is 2. The summed E-state index contributed by atoms with van der Waals surface area (Å²) in [6.07, 6.45) is -0.751. The number of ether oxygens (including phenoxy) is 2. The number of carboxylic acid groups (broad SMARTS) is 1. The molecule has 0 aliphatic carbocycles. The van der Waals surface area contributed by atoms with Crippen molar-refractivity contribution in [3.8, 4) is 28.6 Å². The van der Waals surface area contributed by atoms with Crippen LogP contribution in [0.15, 0.2) is 71.3 Å². The summed E-state index contributed by atoms with van der Waals surface area (Å²) in [6, 6.07) is 15.6. The number of nitrogens with one attached hydrogen (secondary N) is 2. The van der Waals surface area contributed by atoms with Gasteiger partial charge in [0.25, 0.3) is 11.8 Å². The maximum Gasteiger partial charge on any atom is 0.412 e. The van der Waals surface area contributed by atoms with E-state index in [4.69, 9.17) is 14.0 Å². The lowest BCUT2D eigenvalue weighted by Crippen LogP contribution is -2.42. The van der Waals surface area contributed by atoms with E-state index in [-0.39, 0.29) is 29.3 Å². The van der Waals surface area contributed by atoms with Gasteiger partial charge in [0.05, 0.1) is 12.7 Å². The molecule has 3 N–H and O–H groups in total. The predicted molar refractivity (Wildman–Crippen MR) is 151 cm³/mol. The molecule has 0 aliphatic rings. The minimum absolute atomic E-state index is 0.00685. The highest BCUT2D eigenvalue weighted by Gasteiger charge is 2.23. The Bertz CT molecular complexity index is 1580. The Balaban J connectivity index is 1.42. The first-order valence-electron chi connectivity index (χ1n) is 12.8. The van der Waals surface area contributed by atoms with Gasteiger partial charge in [-0.1, -0.05) is 11.2 Å². The summed E-state index contributed by atoms with van der Waals surface area (Å²) in [7, 11) is 1.49. The number of carboxylic acids is 1. The molecule has 0 spiro atoms. The molecule has 1 aromatic heterocycles. The number of carbonyl (C=O) groups is 3. The number of benzene rings is 3. The van der Waals surface area contributed by atoms with Crippen LogP contribution in [0.4, 0.5) is 14.9 Å². The number of carbonyl (C=O) groups excluding carboxylic acids is 2. The molecule has 12 heteroatoms. The second-order valence-corrected chi connectivity index (χ2v) is 10.2. The van der Waals surface area contributed by atoms with Crippen molar-refractivity contribution in [3.05, 3.63) is 83.7 Å². The fourth-order valence-electron chi connectivity index (χ4n) is 3.85. The molecular formula is C30H29FN4O7. The van der Waals surface area contributed by atoms with Crippen LogP contribution in [0.25, 0.3) is 22.8 Å². The number of hydrogen-bond donors (Lipinski definition) is 3. The van der Waals surface area contributed by atoms with Crippen LogP contribution in [0.3, 0.4) is 0 Å². The Morgan fingerprint density at radius 2 is 1.71 bits per heavy atom. The fraction of sp³-hybridized carbons (Fsp3) is 0.233. The van der Waals surface area contributed by atoms with Gasteiger partial charge >= 0.3 is 12.1 Å². The molecular weight excluding hydrogens is 547 g/mol. The average Bonchev–Trinajstić information content (AvgIpc) is 3.42. The first kappa shape index (κ1) is 29.7. The number of hydrogen-bond acceptors (Lipinski definition) is 8. The molecule has 0 aliphatic heterocycles. The third-order valence-corrected chi connectivity index (χ3v) is 5.87. The van der Waals surface area contributed by atoms with Crippen LogP contribution in [0.2, 0.25) is 0 Å². The molecule has 4 rings (SSSR count). The average molecular weight is 577 g/mol. The van der Waals surface area contributed by atoms with Crippen LogP contribution in [-0.2, 0) is 16.0 Å². The van der Waals surface area contributed by atoms with E-state index in [9.17, 15) is 19.5 Å². The summed E-state index contributed by atoms with van der Waals surface area (Å²) in [5.41, 5.74) is 1.04. The Morgan fingerprint density at radius 3 is 2.31 bits per heavy atom. The number of halogens is 1. The van der Waals surface area contributed by atoms with Crippen LogP contribution in [0.5, 0.6) is 5.75 Å². The number of rotatable bonds is 9. The zero-order valence-corrected chi connectivity index (χ0v) is 23.3. The fourth-order valence-corrected chi connectivity index (χ4v) is 3.85. The summed E-state index contributed by atoms with van der Waals surface area (Å²) in [6.45, 7) is 5.28. The maximum atomic E-state index is 15.1. The molecule has 218 valence electrons. The van der Waals surface area contributed by atoms with Gasteiger partial charge in [0, 0.05) is 23.2 Å². The van der Waals surface area contributed by atoms with Crippen LogP contribution in [0.1, 0.15) is 36.7 Å². The van der Waals surface area contributed by atoms with Crippen molar-refractivity contribution < 1.29 is 37.9 Å². The van der Waals surface area contributed by atoms with Crippen molar-refractivity contribution >= 4 is 23.7 Å². The molecule has 1 heterocycles. The van der Waals surface area contributed by atoms with Gasteiger partial charge in [-0.3, -0.25) is 10.1 Å². The lowest BCUT2D eigenvalue weighted by atomic mass is 10.0. The first-order valence-corrected chi connectivity index (χ1v) is 12.8. The lowest BCUT2D eigenvalue weighted by molar-refractivity contribution is -0.139. The zero-order chi connectivity index (χ0) is 30.4. The Morgan fingerprint density at radius 1 is 1.02 bits per heavy atom. The van der Waals surface area contributed by atoms with E-state index in [1.807, 2.05) is 0 Å². The standard InChI is InChI=1S/C30H29FN4O7/c1-30(2,3)41-29(39)32-20-10-6-19(7-11-20)27-34-25(35-42-27)22-14-5-17(15-23(22)31)16-24(28(37)38)33-26(36)18-8-12-21(40-4)13-9-18/h5-15,24H,16H2,1-4H3,(H,32,39)(H,33,36)(H,37,38)/t24-/m1/s1. The molecule has 0 fully saturated rings. The topological polar surface area (TPSA) is 153 Å². The van der Waals surface area contributed by atoms with E-state index in [0.29, 0.717) is 22.6 Å². The summed E-state index contributed by atoms with van der Waals surface area (Å²) in [4.78, 5) is 40.6. The van der Waals surface area contributed by atoms with Crippen molar-refractivity contribution in [2.75, 3.05) is 12.4 Å². The highest BCUT2D eigenvalue weighted by atomic mass is 19.1. The van der Waals surface area contributed by atoms with E-state index in [2.05, 4.69) is 20.8 Å². The second kappa shape index (κ2) is 12.5. The Hall–Kier alpha value is -5.26. The van der Waals surface area contributed by atoms with Gasteiger partial charge in [0.2, 0.25) is 5.82 Å². The second-order valence-electron chi connectivity index (χ2n) is 10.2. The van der Waals surface area contributed by atoms with Gasteiger partial charge in [-0.2, -0.15) is 4.98 Å². The molecule has 42 heavy (non-hydrogen) atoms. The number of nitrogens with zero attached hydrogens (tertiary/aromatic N) is 2. The van der Waals surface area contributed by atoms with Gasteiger partial charge in [-0.05, 0) is 87.0 Å². The van der Waals surface area contributed by atoms with E-state index >= 15 is 4.39 Å².